The molecule has 0 N–H and O–H groups in total. The highest BCUT2D eigenvalue weighted by Crippen LogP contribution is 2.30. The van der Waals surface area contributed by atoms with Crippen LogP contribution in [0.4, 0.5) is 0 Å². The van der Waals surface area contributed by atoms with Gasteiger partial charge in [-0.25, -0.2) is 4.98 Å². The smallest absolute Gasteiger partial charge is 0.0986 e. The Balaban J connectivity index is 2.36. The molecule has 0 saturated carbocycles. The Morgan fingerprint density at radius 3 is 2.84 bits per heavy atom. The van der Waals surface area contributed by atoms with Gasteiger partial charge in [-0.2, -0.15) is 0 Å². The van der Waals surface area contributed by atoms with E-state index in [1.165, 1.54) is 5.57 Å². The first-order valence-corrected chi connectivity index (χ1v) is 7.10. The van der Waals surface area contributed by atoms with Crippen molar-refractivity contribution in [1.29, 1.82) is 0 Å². The summed E-state index contributed by atoms with van der Waals surface area (Å²) in [7, 11) is 0. The monoisotopic (exact) mass is 294 g/mol. The topological polar surface area (TPSA) is 17.8 Å². The lowest BCUT2D eigenvalue weighted by atomic mass is 10.0. The van der Waals surface area contributed by atoms with Crippen LogP contribution in [0.1, 0.15) is 31.7 Å². The lowest BCUT2D eigenvalue weighted by Gasteiger charge is -2.10. The maximum atomic E-state index is 6.29. The number of unbranched alkanes of at least 4 members (excludes halogenated alkanes) is 1. The van der Waals surface area contributed by atoms with E-state index in [9.17, 15) is 0 Å². The fraction of sp³-hybridized carbons (Fsp3) is 0.267. The summed E-state index contributed by atoms with van der Waals surface area (Å²) in [6, 6.07) is 5.63. The number of imidazole rings is 1. The Hall–Kier alpha value is -1.25. The van der Waals surface area contributed by atoms with E-state index in [-0.39, 0.29) is 0 Å². The van der Waals surface area contributed by atoms with Gasteiger partial charge in [-0.3, -0.25) is 0 Å². The summed E-state index contributed by atoms with van der Waals surface area (Å²) in [6.07, 6.45) is 10.8. The minimum absolute atomic E-state index is 0.659. The van der Waals surface area contributed by atoms with Crippen molar-refractivity contribution in [2.45, 2.75) is 26.2 Å². The second-order valence-electron chi connectivity index (χ2n) is 4.39. The van der Waals surface area contributed by atoms with Crippen LogP contribution in [0.25, 0.3) is 11.8 Å². The van der Waals surface area contributed by atoms with Gasteiger partial charge in [-0.15, -0.1) is 0 Å². The summed E-state index contributed by atoms with van der Waals surface area (Å²) in [5.41, 5.74) is 2.23. The van der Waals surface area contributed by atoms with Gasteiger partial charge in [0, 0.05) is 28.6 Å². The number of aromatic nitrogens is 2. The summed E-state index contributed by atoms with van der Waals surface area (Å²) >= 11 is 12.2. The van der Waals surface area contributed by atoms with Gasteiger partial charge < -0.3 is 4.57 Å². The lowest BCUT2D eigenvalue weighted by Crippen LogP contribution is -1.91. The molecule has 0 amide bonds. The van der Waals surface area contributed by atoms with Gasteiger partial charge in [0.25, 0.3) is 0 Å². The summed E-state index contributed by atoms with van der Waals surface area (Å²) in [5, 5.41) is 1.35. The third kappa shape index (κ3) is 3.85. The first-order valence-electron chi connectivity index (χ1n) is 6.34. The Morgan fingerprint density at radius 2 is 2.21 bits per heavy atom. The molecule has 1 aromatic heterocycles. The summed E-state index contributed by atoms with van der Waals surface area (Å²) in [4.78, 5) is 4.05. The van der Waals surface area contributed by atoms with E-state index in [0.717, 1.165) is 24.8 Å². The molecule has 0 unspecified atom stereocenters. The van der Waals surface area contributed by atoms with Crippen LogP contribution < -0.4 is 0 Å². The normalized spacial score (nSPS) is 11.8. The fourth-order valence-electron chi connectivity index (χ4n) is 1.91. The number of allylic oxidation sites excluding steroid dienone is 1. The zero-order chi connectivity index (χ0) is 13.7. The van der Waals surface area contributed by atoms with Gasteiger partial charge in [0.05, 0.1) is 6.33 Å². The van der Waals surface area contributed by atoms with E-state index in [4.69, 9.17) is 23.2 Å². The van der Waals surface area contributed by atoms with Crippen molar-refractivity contribution in [1.82, 2.24) is 9.55 Å². The molecule has 0 radical (unpaired) electrons. The van der Waals surface area contributed by atoms with Crippen molar-refractivity contribution in [3.63, 3.8) is 0 Å². The SMILES string of the molecule is CCCCC(=Cn1ccnc1)c1ccc(Cl)cc1Cl. The maximum absolute atomic E-state index is 6.29. The van der Waals surface area contributed by atoms with E-state index in [2.05, 4.69) is 18.1 Å². The molecule has 4 heteroatoms. The van der Waals surface area contributed by atoms with Crippen molar-refractivity contribution in [2.24, 2.45) is 0 Å². The van der Waals surface area contributed by atoms with Gasteiger partial charge >= 0.3 is 0 Å². The number of nitrogens with zero attached hydrogens (tertiary/aromatic N) is 2. The number of rotatable bonds is 5. The summed E-state index contributed by atoms with van der Waals surface area (Å²) in [6.45, 7) is 2.18. The van der Waals surface area contributed by atoms with Crippen molar-refractivity contribution >= 4 is 35.0 Å². The highest BCUT2D eigenvalue weighted by atomic mass is 35.5. The lowest BCUT2D eigenvalue weighted by molar-refractivity contribution is 0.824. The average molecular weight is 295 g/mol. The molecule has 0 aliphatic heterocycles. The Morgan fingerprint density at radius 1 is 1.37 bits per heavy atom. The Labute approximate surface area is 123 Å². The molecule has 1 aromatic carbocycles. The van der Waals surface area contributed by atoms with E-state index < -0.39 is 0 Å². The van der Waals surface area contributed by atoms with E-state index in [1.807, 2.05) is 22.9 Å². The minimum Gasteiger partial charge on any atom is -0.313 e. The Kier molecular flexibility index (Phi) is 5.06. The Bertz CT molecular complexity index is 560. The van der Waals surface area contributed by atoms with Crippen molar-refractivity contribution in [3.05, 3.63) is 52.5 Å². The van der Waals surface area contributed by atoms with Gasteiger partial charge in [0.2, 0.25) is 0 Å². The highest BCUT2D eigenvalue weighted by molar-refractivity contribution is 6.35. The summed E-state index contributed by atoms with van der Waals surface area (Å²) < 4.78 is 1.94. The highest BCUT2D eigenvalue weighted by Gasteiger charge is 2.07. The number of halogens is 2. The predicted octanol–water partition coefficient (Wildman–Crippen LogP) is 5.38. The molecule has 2 aromatic rings. The molecule has 0 atom stereocenters. The van der Waals surface area contributed by atoms with Crippen molar-refractivity contribution in [3.8, 4) is 0 Å². The number of benzene rings is 1. The minimum atomic E-state index is 0.659. The first kappa shape index (κ1) is 14.2. The van der Waals surface area contributed by atoms with E-state index >= 15 is 0 Å². The van der Waals surface area contributed by atoms with Gasteiger partial charge in [-0.05, 0) is 36.1 Å². The average Bonchev–Trinajstić information content (AvgIpc) is 2.88. The van der Waals surface area contributed by atoms with Gasteiger partial charge in [-0.1, -0.05) is 42.6 Å². The van der Waals surface area contributed by atoms with E-state index in [1.54, 1.807) is 18.6 Å². The van der Waals surface area contributed by atoms with Gasteiger partial charge in [0.15, 0.2) is 0 Å². The number of hydrogen-bond acceptors (Lipinski definition) is 1. The zero-order valence-electron chi connectivity index (χ0n) is 10.8. The second kappa shape index (κ2) is 6.78. The molecule has 1 heterocycles. The molecule has 2 nitrogen and oxygen atoms in total. The van der Waals surface area contributed by atoms with Crippen LogP contribution in [-0.2, 0) is 0 Å². The second-order valence-corrected chi connectivity index (χ2v) is 5.24. The third-order valence-corrected chi connectivity index (χ3v) is 3.45. The van der Waals surface area contributed by atoms with Crippen LogP contribution >= 0.6 is 23.2 Å². The maximum Gasteiger partial charge on any atom is 0.0986 e. The molecule has 100 valence electrons. The molecule has 0 fully saturated rings. The third-order valence-electron chi connectivity index (χ3n) is 2.91. The molecule has 0 aliphatic carbocycles. The predicted molar refractivity (Wildman–Crippen MR) is 82.4 cm³/mol. The number of hydrogen-bond donors (Lipinski definition) is 0. The van der Waals surface area contributed by atoms with Crippen molar-refractivity contribution < 1.29 is 0 Å². The molecule has 0 saturated heterocycles. The molecular formula is C15H16Cl2N2. The fourth-order valence-corrected chi connectivity index (χ4v) is 2.44. The molecule has 0 aliphatic rings. The van der Waals surface area contributed by atoms with Crippen LogP contribution in [0.2, 0.25) is 10.0 Å². The molecule has 19 heavy (non-hydrogen) atoms. The van der Waals surface area contributed by atoms with Gasteiger partial charge in [0.1, 0.15) is 0 Å². The van der Waals surface area contributed by atoms with Crippen molar-refractivity contribution in [2.75, 3.05) is 0 Å². The largest absolute Gasteiger partial charge is 0.313 e. The standard InChI is InChI=1S/C15H16Cl2N2/c1-2-3-4-12(10-19-8-7-18-11-19)14-6-5-13(16)9-15(14)17/h5-11H,2-4H2,1H3. The molecule has 0 bridgehead atoms. The van der Waals surface area contributed by atoms with Crippen LogP contribution in [0, 0.1) is 0 Å². The molecule has 0 spiro atoms. The first-order chi connectivity index (χ1) is 9.20. The van der Waals surface area contributed by atoms with Crippen LogP contribution in [0.3, 0.4) is 0 Å². The van der Waals surface area contributed by atoms with Crippen LogP contribution in [-0.4, -0.2) is 9.55 Å². The van der Waals surface area contributed by atoms with Crippen LogP contribution in [0.15, 0.2) is 36.9 Å². The van der Waals surface area contributed by atoms with E-state index in [0.29, 0.717) is 10.0 Å². The van der Waals surface area contributed by atoms with Crippen LogP contribution in [0.5, 0.6) is 0 Å². The molecule has 2 rings (SSSR count). The summed E-state index contributed by atoms with van der Waals surface area (Å²) in [5.74, 6) is 0. The quantitative estimate of drug-likeness (QED) is 0.724. The zero-order valence-corrected chi connectivity index (χ0v) is 12.3. The molecular weight excluding hydrogens is 279 g/mol.